The van der Waals surface area contributed by atoms with E-state index in [1.807, 2.05) is 0 Å². The van der Waals surface area contributed by atoms with E-state index in [1.54, 1.807) is 24.3 Å². The standard InChI is InChI=1S/C22H15N3O8S2/c23-13-8-16(18(35(31,32)33)9-17(13)34(28,29)30)24-15-6-5-14-20-12(7-19(26)25-14)10-3-1-2-4-11(10)22(27)21(15)20/h1-9,24H,23H2,(H,25,26)(H,28,29,30)(H,31,32,33). The van der Waals surface area contributed by atoms with Crippen LogP contribution in [0.5, 0.6) is 0 Å². The van der Waals surface area contributed by atoms with Crippen molar-refractivity contribution < 1.29 is 30.7 Å². The smallest absolute Gasteiger partial charge is 0.296 e. The van der Waals surface area contributed by atoms with Crippen LogP contribution in [0.3, 0.4) is 0 Å². The van der Waals surface area contributed by atoms with E-state index >= 15 is 0 Å². The zero-order chi connectivity index (χ0) is 25.3. The van der Waals surface area contributed by atoms with Crippen molar-refractivity contribution >= 4 is 54.0 Å². The highest BCUT2D eigenvalue weighted by Crippen LogP contribution is 2.42. The molecule has 0 bridgehead atoms. The summed E-state index contributed by atoms with van der Waals surface area (Å²) in [5, 5.41) is 3.15. The lowest BCUT2D eigenvalue weighted by molar-refractivity contribution is 0.104. The van der Waals surface area contributed by atoms with Gasteiger partial charge < -0.3 is 16.0 Å². The second-order valence-corrected chi connectivity index (χ2v) is 10.6. The number of nitrogens with two attached hydrogens (primary N) is 1. The summed E-state index contributed by atoms with van der Waals surface area (Å²) in [7, 11) is -9.91. The number of aromatic amines is 1. The number of aromatic nitrogens is 1. The van der Waals surface area contributed by atoms with Gasteiger partial charge in [0, 0.05) is 22.5 Å². The Hall–Kier alpha value is -4.04. The maximum Gasteiger partial charge on any atom is 0.296 e. The number of hydrogen-bond acceptors (Lipinski definition) is 8. The molecule has 0 atom stereocenters. The lowest BCUT2D eigenvalue weighted by Gasteiger charge is -2.23. The third-order valence-electron chi connectivity index (χ3n) is 5.63. The molecule has 0 radical (unpaired) electrons. The topological polar surface area (TPSA) is 197 Å². The fourth-order valence-corrected chi connectivity index (χ4v) is 5.57. The molecule has 0 amide bonds. The molecule has 3 aromatic carbocycles. The van der Waals surface area contributed by atoms with Crippen molar-refractivity contribution in [3.05, 3.63) is 76.1 Å². The van der Waals surface area contributed by atoms with Crippen molar-refractivity contribution in [1.29, 1.82) is 0 Å². The summed E-state index contributed by atoms with van der Waals surface area (Å²) in [5.41, 5.74) is 6.44. The van der Waals surface area contributed by atoms with Crippen molar-refractivity contribution in [2.24, 2.45) is 0 Å². The van der Waals surface area contributed by atoms with Crippen LogP contribution in [-0.2, 0) is 20.2 Å². The molecule has 1 aromatic heterocycles. The first-order valence-corrected chi connectivity index (χ1v) is 12.7. The summed E-state index contributed by atoms with van der Waals surface area (Å²) >= 11 is 0. The fourth-order valence-electron chi connectivity index (χ4n) is 4.22. The average molecular weight is 514 g/mol. The highest BCUT2D eigenvalue weighted by atomic mass is 32.2. The Balaban J connectivity index is 1.80. The zero-order valence-electron chi connectivity index (χ0n) is 17.4. The van der Waals surface area contributed by atoms with Gasteiger partial charge in [0.25, 0.3) is 20.2 Å². The summed E-state index contributed by atoms with van der Waals surface area (Å²) in [4.78, 5) is 26.6. The number of carbonyl (C=O) groups is 1. The lowest BCUT2D eigenvalue weighted by Crippen LogP contribution is -2.16. The minimum Gasteiger partial charge on any atom is -0.398 e. The number of ketones is 1. The zero-order valence-corrected chi connectivity index (χ0v) is 19.1. The molecular formula is C22H15N3O8S2. The highest BCUT2D eigenvalue weighted by Gasteiger charge is 2.30. The lowest BCUT2D eigenvalue weighted by atomic mass is 9.83. The maximum absolute atomic E-state index is 13.5. The number of nitrogen functional groups attached to an aromatic ring is 1. The Bertz CT molecular complexity index is 1880. The molecule has 1 aliphatic rings. The normalized spacial score (nSPS) is 13.0. The molecule has 0 aliphatic heterocycles. The van der Waals surface area contributed by atoms with Gasteiger partial charge >= 0.3 is 0 Å². The average Bonchev–Trinajstić information content (AvgIpc) is 2.76. The van der Waals surface area contributed by atoms with E-state index in [0.717, 1.165) is 6.07 Å². The number of H-pyrrole nitrogens is 1. The number of carbonyl (C=O) groups excluding carboxylic acids is 1. The van der Waals surface area contributed by atoms with E-state index < -0.39 is 41.5 Å². The van der Waals surface area contributed by atoms with Gasteiger partial charge in [-0.25, -0.2) is 0 Å². The maximum atomic E-state index is 13.5. The monoisotopic (exact) mass is 513 g/mol. The molecule has 0 spiro atoms. The van der Waals surface area contributed by atoms with Gasteiger partial charge in [-0.1, -0.05) is 24.3 Å². The van der Waals surface area contributed by atoms with E-state index in [-0.39, 0.29) is 22.5 Å². The molecule has 0 saturated carbocycles. The predicted molar refractivity (Wildman–Crippen MR) is 127 cm³/mol. The first kappa shape index (κ1) is 22.7. The molecule has 13 heteroatoms. The molecular weight excluding hydrogens is 498 g/mol. The van der Waals surface area contributed by atoms with Gasteiger partial charge in [-0.2, -0.15) is 16.8 Å². The van der Waals surface area contributed by atoms with Crippen LogP contribution >= 0.6 is 0 Å². The number of benzene rings is 3. The Kier molecular flexibility index (Phi) is 4.86. The highest BCUT2D eigenvalue weighted by molar-refractivity contribution is 7.86. The third kappa shape index (κ3) is 3.66. The minimum absolute atomic E-state index is 0.106. The third-order valence-corrected chi connectivity index (χ3v) is 7.44. The van der Waals surface area contributed by atoms with E-state index in [1.165, 1.54) is 18.2 Å². The predicted octanol–water partition coefficient (Wildman–Crippen LogP) is 2.56. The summed E-state index contributed by atoms with van der Waals surface area (Å²) in [5.74, 6) is -0.413. The largest absolute Gasteiger partial charge is 0.398 e. The molecule has 35 heavy (non-hydrogen) atoms. The number of pyridine rings is 1. The first-order chi connectivity index (χ1) is 16.4. The van der Waals surface area contributed by atoms with Gasteiger partial charge in [0.1, 0.15) is 9.79 Å². The molecule has 0 fully saturated rings. The van der Waals surface area contributed by atoms with Crippen molar-refractivity contribution in [3.8, 4) is 11.1 Å². The summed E-state index contributed by atoms with van der Waals surface area (Å²) < 4.78 is 66.3. The van der Waals surface area contributed by atoms with Crippen LogP contribution in [0.2, 0.25) is 0 Å². The summed E-state index contributed by atoms with van der Waals surface area (Å²) in [6.45, 7) is 0. The van der Waals surface area contributed by atoms with Gasteiger partial charge in [0.15, 0.2) is 5.78 Å². The van der Waals surface area contributed by atoms with Crippen LogP contribution in [-0.4, -0.2) is 36.7 Å². The Morgan fingerprint density at radius 1 is 0.771 bits per heavy atom. The van der Waals surface area contributed by atoms with E-state index in [2.05, 4.69) is 10.3 Å². The Labute approximate surface area is 197 Å². The number of rotatable bonds is 4. The Morgan fingerprint density at radius 2 is 1.43 bits per heavy atom. The molecule has 0 saturated heterocycles. The van der Waals surface area contributed by atoms with Gasteiger partial charge in [0.2, 0.25) is 5.56 Å². The second-order valence-electron chi connectivity index (χ2n) is 7.79. The van der Waals surface area contributed by atoms with Crippen molar-refractivity contribution in [1.82, 2.24) is 4.98 Å². The van der Waals surface area contributed by atoms with Crippen LogP contribution in [0.25, 0.3) is 22.0 Å². The van der Waals surface area contributed by atoms with E-state index in [4.69, 9.17) is 5.73 Å². The second kappa shape index (κ2) is 7.48. The van der Waals surface area contributed by atoms with Gasteiger partial charge in [0.05, 0.1) is 22.6 Å². The van der Waals surface area contributed by atoms with Crippen LogP contribution < -0.4 is 16.6 Å². The quantitative estimate of drug-likeness (QED) is 0.176. The van der Waals surface area contributed by atoms with Gasteiger partial charge in [-0.05, 0) is 35.4 Å². The van der Waals surface area contributed by atoms with Crippen LogP contribution in [0.1, 0.15) is 15.9 Å². The van der Waals surface area contributed by atoms with Crippen molar-refractivity contribution in [2.45, 2.75) is 9.79 Å². The SMILES string of the molecule is Nc1cc(Nc2ccc3[nH]c(=O)cc4c3c2C(=O)c2ccccc2-4)c(S(=O)(=O)O)cc1S(=O)(=O)O. The minimum atomic E-state index is -5.00. The molecule has 4 aromatic rings. The summed E-state index contributed by atoms with van der Waals surface area (Å²) in [6.07, 6.45) is 0. The number of nitrogens with one attached hydrogen (secondary N) is 2. The first-order valence-electron chi connectivity index (χ1n) is 9.86. The van der Waals surface area contributed by atoms with Crippen LogP contribution in [0.4, 0.5) is 17.1 Å². The molecule has 1 heterocycles. The van der Waals surface area contributed by atoms with Crippen LogP contribution in [0.15, 0.2) is 69.2 Å². The van der Waals surface area contributed by atoms with Gasteiger partial charge in [-0.15, -0.1) is 0 Å². The molecule has 0 unspecified atom stereocenters. The number of fused-ring (bicyclic) bond motifs is 2. The van der Waals surface area contributed by atoms with Gasteiger partial charge in [-0.3, -0.25) is 18.7 Å². The number of anilines is 3. The molecule has 178 valence electrons. The molecule has 1 aliphatic carbocycles. The fraction of sp³-hybridized carbons (Fsp3) is 0. The summed E-state index contributed by atoms with van der Waals surface area (Å²) in [6, 6.07) is 12.4. The molecule has 6 N–H and O–H groups in total. The van der Waals surface area contributed by atoms with Crippen LogP contribution in [0, 0.1) is 0 Å². The van der Waals surface area contributed by atoms with Crippen molar-refractivity contribution in [3.63, 3.8) is 0 Å². The molecule has 11 nitrogen and oxygen atoms in total. The van der Waals surface area contributed by atoms with Crippen molar-refractivity contribution in [2.75, 3.05) is 11.1 Å². The van der Waals surface area contributed by atoms with E-state index in [9.17, 15) is 35.5 Å². The molecule has 5 rings (SSSR count). The van der Waals surface area contributed by atoms with E-state index in [0.29, 0.717) is 33.7 Å². The Morgan fingerprint density at radius 3 is 2.09 bits per heavy atom. The number of hydrogen-bond donors (Lipinski definition) is 5.